The summed E-state index contributed by atoms with van der Waals surface area (Å²) in [6, 6.07) is 33.0. The topological polar surface area (TPSA) is 96.0 Å². The first-order valence-electron chi connectivity index (χ1n) is 14.3. The highest BCUT2D eigenvalue weighted by Gasteiger charge is 2.36. The summed E-state index contributed by atoms with van der Waals surface area (Å²) in [5.74, 6) is -0.388. The summed E-state index contributed by atoms with van der Waals surface area (Å²) in [4.78, 5) is 28.6. The number of nitrogens with one attached hydrogen (secondary N) is 1. The summed E-state index contributed by atoms with van der Waals surface area (Å²) in [5.41, 5.74) is 3.49. The van der Waals surface area contributed by atoms with E-state index in [1.807, 2.05) is 67.6 Å². The molecule has 1 heterocycles. The van der Waals surface area contributed by atoms with Crippen LogP contribution in [0.4, 0.5) is 5.69 Å². The molecule has 43 heavy (non-hydrogen) atoms. The second-order valence-electron chi connectivity index (χ2n) is 10.5. The van der Waals surface area contributed by atoms with Gasteiger partial charge in [0.15, 0.2) is 6.10 Å². The first-order chi connectivity index (χ1) is 20.8. The van der Waals surface area contributed by atoms with Gasteiger partial charge in [0.1, 0.15) is 5.75 Å². The molecule has 0 spiro atoms. The Morgan fingerprint density at radius 1 is 0.837 bits per heavy atom. The van der Waals surface area contributed by atoms with Crippen molar-refractivity contribution in [2.24, 2.45) is 0 Å². The van der Waals surface area contributed by atoms with Crippen molar-refractivity contribution in [3.63, 3.8) is 0 Å². The number of ether oxygens (including phenoxy) is 1. The number of carbonyl (C=O) groups is 2. The zero-order valence-corrected chi connectivity index (χ0v) is 24.9. The molecular formula is C34H35N3O5S. The van der Waals surface area contributed by atoms with Crippen LogP contribution in [0.2, 0.25) is 0 Å². The lowest BCUT2D eigenvalue weighted by molar-refractivity contribution is -0.128. The number of hydrogen-bond donors (Lipinski definition) is 1. The maximum Gasteiger partial charge on any atom is 0.262 e. The van der Waals surface area contributed by atoms with E-state index in [-0.39, 0.29) is 30.4 Å². The number of hydrogen-bond acceptors (Lipinski definition) is 5. The average molecular weight is 598 g/mol. The second-order valence-corrected chi connectivity index (χ2v) is 12.4. The van der Waals surface area contributed by atoms with Crippen molar-refractivity contribution in [1.82, 2.24) is 9.62 Å². The fraction of sp³-hybridized carbons (Fsp3) is 0.235. The summed E-state index contributed by atoms with van der Waals surface area (Å²) < 4.78 is 34.8. The van der Waals surface area contributed by atoms with Gasteiger partial charge in [-0.2, -0.15) is 4.31 Å². The molecule has 222 valence electrons. The summed E-state index contributed by atoms with van der Waals surface area (Å²) >= 11 is 0. The predicted molar refractivity (Wildman–Crippen MR) is 166 cm³/mol. The van der Waals surface area contributed by atoms with Crippen molar-refractivity contribution in [3.8, 4) is 5.75 Å². The first kappa shape index (κ1) is 30.0. The van der Waals surface area contributed by atoms with E-state index in [0.717, 1.165) is 16.7 Å². The minimum absolute atomic E-state index is 0.0376. The van der Waals surface area contributed by atoms with Gasteiger partial charge < -0.3 is 15.0 Å². The summed E-state index contributed by atoms with van der Waals surface area (Å²) in [7, 11) is -3.99. The summed E-state index contributed by atoms with van der Waals surface area (Å²) in [6.45, 7) is 1.99. The number of aryl methyl sites for hydroxylation is 1. The van der Waals surface area contributed by atoms with Gasteiger partial charge in [-0.1, -0.05) is 90.5 Å². The molecule has 9 heteroatoms. The Kier molecular flexibility index (Phi) is 9.54. The van der Waals surface area contributed by atoms with Gasteiger partial charge >= 0.3 is 0 Å². The third-order valence-corrected chi connectivity index (χ3v) is 9.25. The fourth-order valence-corrected chi connectivity index (χ4v) is 6.36. The van der Waals surface area contributed by atoms with Crippen LogP contribution in [-0.4, -0.2) is 56.8 Å². The predicted octanol–water partition coefficient (Wildman–Crippen LogP) is 4.38. The molecule has 4 aromatic carbocycles. The molecule has 0 saturated heterocycles. The first-order valence-corrected chi connectivity index (χ1v) is 15.7. The highest BCUT2D eigenvalue weighted by Crippen LogP contribution is 2.33. The van der Waals surface area contributed by atoms with E-state index in [4.69, 9.17) is 4.74 Å². The highest BCUT2D eigenvalue weighted by molar-refractivity contribution is 7.89. The van der Waals surface area contributed by atoms with E-state index in [0.29, 0.717) is 30.8 Å². The fourth-order valence-electron chi connectivity index (χ4n) is 4.97. The number of sulfonamides is 1. The number of anilines is 1. The number of amides is 2. The molecule has 0 bridgehead atoms. The molecule has 1 aliphatic heterocycles. The van der Waals surface area contributed by atoms with Gasteiger partial charge in [0.05, 0.1) is 23.7 Å². The van der Waals surface area contributed by atoms with Crippen molar-refractivity contribution in [2.45, 2.75) is 30.8 Å². The quantitative estimate of drug-likeness (QED) is 0.277. The van der Waals surface area contributed by atoms with Crippen molar-refractivity contribution in [2.75, 3.05) is 31.1 Å². The number of fused-ring (bicyclic) bond motifs is 1. The Labute approximate surface area is 253 Å². The third-order valence-electron chi connectivity index (χ3n) is 7.39. The SMILES string of the molecule is Cc1ccc(S(=O)(=O)N(CCc2ccccc2)CC(=O)N2C[C@H](C(=O)NCCc3ccccc3)Oc3ccccc32)cc1. The zero-order valence-electron chi connectivity index (χ0n) is 24.1. The van der Waals surface area contributed by atoms with Crippen molar-refractivity contribution < 1.29 is 22.7 Å². The molecule has 0 unspecified atom stereocenters. The Morgan fingerprint density at radius 2 is 1.44 bits per heavy atom. The average Bonchev–Trinajstić information content (AvgIpc) is 3.03. The van der Waals surface area contributed by atoms with Crippen LogP contribution < -0.4 is 15.0 Å². The lowest BCUT2D eigenvalue weighted by atomic mass is 10.1. The molecule has 4 aromatic rings. The molecule has 5 rings (SSSR count). The van der Waals surface area contributed by atoms with E-state index in [1.54, 1.807) is 48.5 Å². The maximum absolute atomic E-state index is 13.9. The summed E-state index contributed by atoms with van der Waals surface area (Å²) in [5, 5.41) is 2.91. The second kappa shape index (κ2) is 13.7. The van der Waals surface area contributed by atoms with Gasteiger partial charge in [-0.3, -0.25) is 9.59 Å². The maximum atomic E-state index is 13.9. The largest absolute Gasteiger partial charge is 0.477 e. The van der Waals surface area contributed by atoms with Crippen LogP contribution in [-0.2, 0) is 32.5 Å². The summed E-state index contributed by atoms with van der Waals surface area (Å²) in [6.07, 6.45) is 0.151. The number of para-hydroxylation sites is 2. The molecule has 1 aliphatic rings. The van der Waals surface area contributed by atoms with Crippen LogP contribution >= 0.6 is 0 Å². The third kappa shape index (κ3) is 7.49. The standard InChI is InChI=1S/C34H35N3O5S/c1-26-16-18-29(19-17-26)43(40,41)36(23-21-28-12-6-3-7-13-28)25-33(38)37-24-32(42-31-15-9-8-14-30(31)37)34(39)35-22-20-27-10-4-2-5-11-27/h2-19,32H,20-25H2,1H3,(H,35,39)/t32-/m1/s1. The Bertz CT molecular complexity index is 1640. The Morgan fingerprint density at radius 3 is 2.12 bits per heavy atom. The van der Waals surface area contributed by atoms with E-state index in [9.17, 15) is 18.0 Å². The smallest absolute Gasteiger partial charge is 0.262 e. The van der Waals surface area contributed by atoms with Gasteiger partial charge in [0.2, 0.25) is 15.9 Å². The van der Waals surface area contributed by atoms with Gasteiger partial charge in [0, 0.05) is 13.1 Å². The lowest BCUT2D eigenvalue weighted by Gasteiger charge is -2.35. The number of rotatable bonds is 11. The highest BCUT2D eigenvalue weighted by atomic mass is 32.2. The van der Waals surface area contributed by atoms with Crippen LogP contribution in [0.1, 0.15) is 16.7 Å². The molecule has 1 atom stereocenters. The van der Waals surface area contributed by atoms with Crippen molar-refractivity contribution in [3.05, 3.63) is 126 Å². The van der Waals surface area contributed by atoms with Gasteiger partial charge in [0.25, 0.3) is 5.91 Å². The van der Waals surface area contributed by atoms with Crippen LogP contribution in [0.15, 0.2) is 114 Å². The minimum Gasteiger partial charge on any atom is -0.477 e. The Balaban J connectivity index is 1.35. The van der Waals surface area contributed by atoms with Crippen molar-refractivity contribution >= 4 is 27.5 Å². The van der Waals surface area contributed by atoms with Crippen LogP contribution in [0, 0.1) is 6.92 Å². The number of benzene rings is 4. The molecule has 8 nitrogen and oxygen atoms in total. The molecule has 0 aromatic heterocycles. The zero-order chi connectivity index (χ0) is 30.2. The normalized spacial score (nSPS) is 14.6. The minimum atomic E-state index is -3.99. The van der Waals surface area contributed by atoms with E-state index >= 15 is 0 Å². The number of carbonyl (C=O) groups excluding carboxylic acids is 2. The van der Waals surface area contributed by atoms with Gasteiger partial charge in [-0.05, 0) is 55.2 Å². The van der Waals surface area contributed by atoms with Gasteiger partial charge in [-0.15, -0.1) is 0 Å². The monoisotopic (exact) mass is 597 g/mol. The van der Waals surface area contributed by atoms with Crippen molar-refractivity contribution in [1.29, 1.82) is 0 Å². The molecule has 0 radical (unpaired) electrons. The molecule has 0 fully saturated rings. The molecule has 0 aliphatic carbocycles. The van der Waals surface area contributed by atoms with E-state index < -0.39 is 22.0 Å². The van der Waals surface area contributed by atoms with Crippen LogP contribution in [0.5, 0.6) is 5.75 Å². The molecule has 0 saturated carbocycles. The molecular weight excluding hydrogens is 562 g/mol. The molecule has 1 N–H and O–H groups in total. The van der Waals surface area contributed by atoms with E-state index in [2.05, 4.69) is 5.32 Å². The van der Waals surface area contributed by atoms with Gasteiger partial charge in [-0.25, -0.2) is 8.42 Å². The number of nitrogens with zero attached hydrogens (tertiary/aromatic N) is 2. The van der Waals surface area contributed by atoms with Crippen LogP contribution in [0.3, 0.4) is 0 Å². The Hall–Kier alpha value is -4.47. The van der Waals surface area contributed by atoms with E-state index in [1.165, 1.54) is 9.21 Å². The molecule has 2 amide bonds. The lowest BCUT2D eigenvalue weighted by Crippen LogP contribution is -2.53. The van der Waals surface area contributed by atoms with Crippen LogP contribution in [0.25, 0.3) is 0 Å².